The number of likely N-dealkylation sites (tertiary alicyclic amines) is 1. The first kappa shape index (κ1) is 31.6. The van der Waals surface area contributed by atoms with Gasteiger partial charge in [0.25, 0.3) is 0 Å². The minimum atomic E-state index is -4.74. The van der Waals surface area contributed by atoms with Gasteiger partial charge in [-0.3, -0.25) is 4.90 Å². The van der Waals surface area contributed by atoms with Crippen LogP contribution in [-0.4, -0.2) is 49.1 Å². The molecule has 0 saturated carbocycles. The number of urea groups is 1. The Morgan fingerprint density at radius 1 is 1.07 bits per heavy atom. The van der Waals surface area contributed by atoms with Gasteiger partial charge in [-0.05, 0) is 66.5 Å². The molecule has 3 aromatic carbocycles. The molecule has 1 saturated heterocycles. The lowest BCUT2D eigenvalue weighted by Crippen LogP contribution is -2.48. The van der Waals surface area contributed by atoms with E-state index in [-0.39, 0.29) is 18.3 Å². The van der Waals surface area contributed by atoms with Gasteiger partial charge in [0, 0.05) is 62.9 Å². The number of halogens is 4. The smallest absolute Gasteiger partial charge is 0.377 e. The lowest BCUT2D eigenvalue weighted by Gasteiger charge is -2.38. The number of benzene rings is 3. The molecule has 1 aliphatic heterocycles. The van der Waals surface area contributed by atoms with Crippen LogP contribution < -0.4 is 20.7 Å². The van der Waals surface area contributed by atoms with Gasteiger partial charge in [0.05, 0.1) is 5.56 Å². The molecule has 1 N–H and O–H groups in total. The molecule has 0 unspecified atom stereocenters. The van der Waals surface area contributed by atoms with E-state index in [0.29, 0.717) is 38.5 Å². The van der Waals surface area contributed by atoms with Gasteiger partial charge in [0.1, 0.15) is 5.82 Å². The average Bonchev–Trinajstić information content (AvgIpc) is 2.96. The predicted octanol–water partition coefficient (Wildman–Crippen LogP) is 5.82. The third kappa shape index (κ3) is 7.96. The van der Waals surface area contributed by atoms with Crippen LogP contribution in [-0.2, 0) is 19.3 Å². The lowest BCUT2D eigenvalue weighted by molar-refractivity contribution is -0.137. The molecule has 5 nitrogen and oxygen atoms in total. The number of carbonyl (C=O) groups is 1. The highest BCUT2D eigenvalue weighted by molar-refractivity contribution is 5.89. The Kier molecular flexibility index (Phi) is 10.1. The summed E-state index contributed by atoms with van der Waals surface area (Å²) in [7, 11) is 3.96. The van der Waals surface area contributed by atoms with E-state index in [1.165, 1.54) is 0 Å². The first-order chi connectivity index (χ1) is 20.5. The highest BCUT2D eigenvalue weighted by Gasteiger charge is 2.32. The zero-order valence-corrected chi connectivity index (χ0v) is 24.6. The average molecular weight is 593 g/mol. The van der Waals surface area contributed by atoms with Crippen LogP contribution in [0, 0.1) is 18.2 Å². The first-order valence-corrected chi connectivity index (χ1v) is 14.1. The van der Waals surface area contributed by atoms with Crippen LogP contribution in [0.4, 0.5) is 33.7 Å². The molecule has 3 aromatic rings. The number of hydrogen-bond donors (Lipinski definition) is 1. The molecule has 0 spiro atoms. The first-order valence-electron chi connectivity index (χ1n) is 14.1. The molecule has 0 atom stereocenters. The quantitative estimate of drug-likeness (QED) is 0.278. The van der Waals surface area contributed by atoms with Gasteiger partial charge in [-0.1, -0.05) is 48.4 Å². The second-order valence-corrected chi connectivity index (χ2v) is 10.8. The highest BCUT2D eigenvalue weighted by Crippen LogP contribution is 2.32. The third-order valence-electron chi connectivity index (χ3n) is 7.68. The summed E-state index contributed by atoms with van der Waals surface area (Å²) in [4.78, 5) is 19.5. The molecule has 0 aromatic heterocycles. The van der Waals surface area contributed by atoms with Gasteiger partial charge in [-0.2, -0.15) is 13.2 Å². The number of rotatable bonds is 7. The fourth-order valence-electron chi connectivity index (χ4n) is 5.57. The van der Waals surface area contributed by atoms with Crippen molar-refractivity contribution in [3.05, 3.63) is 93.6 Å². The summed E-state index contributed by atoms with van der Waals surface area (Å²) >= 11 is 0. The molecule has 1 fully saturated rings. The number of nitrogens with zero attached hydrogens (tertiary/aromatic N) is 3. The second-order valence-electron chi connectivity index (χ2n) is 10.8. The van der Waals surface area contributed by atoms with E-state index in [2.05, 4.69) is 34.3 Å². The van der Waals surface area contributed by atoms with Crippen molar-refractivity contribution in [3.63, 3.8) is 0 Å². The summed E-state index contributed by atoms with van der Waals surface area (Å²) in [6.07, 6.45) is 6.10. The molecule has 0 aliphatic carbocycles. The SMILES string of the molecule is C#C/C=c1/c(N(C)C)ccc(CN2CCC(N(Cc3ccccc3)C(=O)Nc3cc(F)cc(C(F)(F)F)c3)CC2)/c1=C/C. The van der Waals surface area contributed by atoms with E-state index in [0.717, 1.165) is 39.4 Å². The zero-order valence-electron chi connectivity index (χ0n) is 24.6. The summed E-state index contributed by atoms with van der Waals surface area (Å²) in [6, 6.07) is 14.9. The number of terminal acetylenes is 1. The number of piperidine rings is 1. The van der Waals surface area contributed by atoms with Crippen molar-refractivity contribution in [1.29, 1.82) is 0 Å². The Morgan fingerprint density at radius 2 is 1.77 bits per heavy atom. The van der Waals surface area contributed by atoms with Crippen molar-refractivity contribution >= 4 is 29.6 Å². The number of anilines is 2. The second kappa shape index (κ2) is 13.8. The van der Waals surface area contributed by atoms with Crippen LogP contribution in [0.25, 0.3) is 12.2 Å². The third-order valence-corrected chi connectivity index (χ3v) is 7.68. The van der Waals surface area contributed by atoms with Crippen LogP contribution in [0.15, 0.2) is 60.7 Å². The van der Waals surface area contributed by atoms with Crippen molar-refractivity contribution in [2.24, 2.45) is 0 Å². The van der Waals surface area contributed by atoms with E-state index in [4.69, 9.17) is 6.42 Å². The fourth-order valence-corrected chi connectivity index (χ4v) is 5.57. The van der Waals surface area contributed by atoms with Gasteiger partial charge >= 0.3 is 12.2 Å². The molecule has 0 radical (unpaired) electrons. The topological polar surface area (TPSA) is 38.8 Å². The van der Waals surface area contributed by atoms with E-state index < -0.39 is 23.6 Å². The maximum absolute atomic E-state index is 14.0. The molecule has 226 valence electrons. The number of nitrogens with one attached hydrogen (secondary N) is 1. The molecule has 9 heteroatoms. The normalized spacial score (nSPS) is 15.3. The number of hydrogen-bond acceptors (Lipinski definition) is 3. The van der Waals surface area contributed by atoms with Crippen LogP contribution in [0.1, 0.15) is 36.5 Å². The summed E-state index contributed by atoms with van der Waals surface area (Å²) in [5, 5.41) is 4.60. The molecule has 1 heterocycles. The summed E-state index contributed by atoms with van der Waals surface area (Å²) < 4.78 is 53.8. The van der Waals surface area contributed by atoms with Gasteiger partial charge in [-0.15, -0.1) is 6.42 Å². The van der Waals surface area contributed by atoms with E-state index in [9.17, 15) is 22.4 Å². The minimum Gasteiger partial charge on any atom is -0.377 e. The van der Waals surface area contributed by atoms with Crippen molar-refractivity contribution in [3.8, 4) is 12.3 Å². The van der Waals surface area contributed by atoms with Crippen LogP contribution in [0.3, 0.4) is 0 Å². The maximum atomic E-state index is 14.0. The number of carbonyl (C=O) groups excluding carboxylic acids is 1. The molecule has 43 heavy (non-hydrogen) atoms. The van der Waals surface area contributed by atoms with Gasteiger partial charge < -0.3 is 15.1 Å². The summed E-state index contributed by atoms with van der Waals surface area (Å²) in [5.41, 5.74) is 1.68. The van der Waals surface area contributed by atoms with Gasteiger partial charge in [0.2, 0.25) is 0 Å². The minimum absolute atomic E-state index is 0.161. The van der Waals surface area contributed by atoms with Crippen molar-refractivity contribution < 1.29 is 22.4 Å². The fraction of sp³-hybridized carbons (Fsp3) is 0.324. The largest absolute Gasteiger partial charge is 0.416 e. The van der Waals surface area contributed by atoms with Crippen molar-refractivity contribution in [2.75, 3.05) is 37.4 Å². The Labute approximate surface area is 250 Å². The van der Waals surface area contributed by atoms with E-state index >= 15 is 0 Å². The summed E-state index contributed by atoms with van der Waals surface area (Å²) in [5.74, 6) is 1.59. The molecule has 2 amide bonds. The lowest BCUT2D eigenvalue weighted by atomic mass is 10.0. The molecule has 4 rings (SSSR count). The van der Waals surface area contributed by atoms with E-state index in [1.807, 2.05) is 56.3 Å². The van der Waals surface area contributed by atoms with Crippen LogP contribution >= 0.6 is 0 Å². The van der Waals surface area contributed by atoms with Gasteiger partial charge in [0.15, 0.2) is 0 Å². The molecular formula is C34H36F4N4O. The Morgan fingerprint density at radius 3 is 2.37 bits per heavy atom. The zero-order chi connectivity index (χ0) is 31.1. The number of alkyl halides is 3. The molecule has 1 aliphatic rings. The van der Waals surface area contributed by atoms with Gasteiger partial charge in [-0.25, -0.2) is 9.18 Å². The van der Waals surface area contributed by atoms with Crippen LogP contribution in [0.5, 0.6) is 0 Å². The van der Waals surface area contributed by atoms with Crippen molar-refractivity contribution in [2.45, 2.75) is 45.1 Å². The Balaban J connectivity index is 1.53. The highest BCUT2D eigenvalue weighted by atomic mass is 19.4. The Bertz CT molecular complexity index is 1590. The van der Waals surface area contributed by atoms with E-state index in [1.54, 1.807) is 11.0 Å². The summed E-state index contributed by atoms with van der Waals surface area (Å²) in [6.45, 7) is 4.40. The monoisotopic (exact) mass is 592 g/mol. The Hall–Kier alpha value is -4.29. The maximum Gasteiger partial charge on any atom is 0.416 e. The molecule has 0 bridgehead atoms. The number of amides is 2. The van der Waals surface area contributed by atoms with Crippen LogP contribution in [0.2, 0.25) is 0 Å². The predicted molar refractivity (Wildman–Crippen MR) is 164 cm³/mol. The standard InChI is InChI=1S/C34H36F4N4O/c1-5-10-31-30(6-2)25(13-14-32(31)40(3)4)23-41-17-15-29(16-18-41)42(22-24-11-8-7-9-12-24)33(43)39-28-20-26(34(36,37)38)19-27(35)21-28/h1,6-14,19-21,29H,15-18,22-23H2,2-4H3,(H,39,43)/b30-6-,31-10+. The van der Waals surface area contributed by atoms with Crippen molar-refractivity contribution in [1.82, 2.24) is 9.80 Å². The molecular weight excluding hydrogens is 556 g/mol.